The van der Waals surface area contributed by atoms with Crippen LogP contribution in [0.25, 0.3) is 6.08 Å². The number of hydrogen-bond acceptors (Lipinski definition) is 6. The second-order valence-corrected chi connectivity index (χ2v) is 6.67. The van der Waals surface area contributed by atoms with Crippen molar-refractivity contribution in [3.63, 3.8) is 0 Å². The predicted octanol–water partition coefficient (Wildman–Crippen LogP) is 2.84. The Morgan fingerprint density at radius 2 is 2.00 bits per heavy atom. The van der Waals surface area contributed by atoms with E-state index in [9.17, 15) is 14.4 Å². The van der Waals surface area contributed by atoms with Gasteiger partial charge in [-0.1, -0.05) is 48.6 Å². The third kappa shape index (κ3) is 3.33. The number of aromatic nitrogens is 1. The van der Waals surface area contributed by atoms with E-state index in [2.05, 4.69) is 4.98 Å². The molecule has 1 aromatic heterocycles. The highest BCUT2D eigenvalue weighted by atomic mass is 16.6. The minimum absolute atomic E-state index is 0.140. The monoisotopic (exact) mass is 393 g/mol. The maximum atomic E-state index is 12.7. The van der Waals surface area contributed by atoms with Crippen LogP contribution < -0.4 is 0 Å². The zero-order chi connectivity index (χ0) is 20.4. The number of benzene rings is 1. The second kappa shape index (κ2) is 7.75. The van der Waals surface area contributed by atoms with Crippen LogP contribution >= 0.6 is 0 Å². The lowest BCUT2D eigenvalue weighted by Crippen LogP contribution is -2.69. The van der Waals surface area contributed by atoms with Gasteiger partial charge >= 0.3 is 12.2 Å². The van der Waals surface area contributed by atoms with Crippen LogP contribution in [0.1, 0.15) is 17.2 Å². The number of β-lactam (4-membered cyclic amide) rings is 1. The van der Waals surface area contributed by atoms with Gasteiger partial charge in [-0.2, -0.15) is 0 Å². The molecule has 3 atom stereocenters. The molecule has 3 amide bonds. The molecular weight excluding hydrogens is 374 g/mol. The van der Waals surface area contributed by atoms with Crippen LogP contribution in [-0.2, 0) is 14.3 Å². The van der Waals surface area contributed by atoms with Crippen LogP contribution in [0.2, 0.25) is 0 Å². The second-order valence-electron chi connectivity index (χ2n) is 6.67. The fourth-order valence-electron chi connectivity index (χ4n) is 3.62. The average molecular weight is 393 g/mol. The third-order valence-corrected chi connectivity index (χ3v) is 5.04. The van der Waals surface area contributed by atoms with Crippen LogP contribution in [0.5, 0.6) is 0 Å². The van der Waals surface area contributed by atoms with Crippen molar-refractivity contribution in [2.75, 3.05) is 13.7 Å². The number of pyridine rings is 1. The van der Waals surface area contributed by atoms with E-state index in [-0.39, 0.29) is 6.61 Å². The molecule has 2 aliphatic rings. The molecule has 0 aliphatic carbocycles. The van der Waals surface area contributed by atoms with E-state index in [4.69, 9.17) is 9.47 Å². The molecule has 0 radical (unpaired) electrons. The molecule has 0 N–H and O–H groups in total. The Bertz CT molecular complexity index is 947. The number of carbonyl (C=O) groups excluding carboxylic acids is 3. The van der Waals surface area contributed by atoms with Gasteiger partial charge in [-0.15, -0.1) is 0 Å². The number of carbonyl (C=O) groups is 3. The molecule has 2 fully saturated rings. The molecule has 8 heteroatoms. The van der Waals surface area contributed by atoms with E-state index in [1.165, 1.54) is 12.0 Å². The molecule has 148 valence electrons. The van der Waals surface area contributed by atoms with E-state index in [0.717, 1.165) is 16.0 Å². The van der Waals surface area contributed by atoms with Crippen molar-refractivity contribution in [3.05, 3.63) is 72.1 Å². The zero-order valence-electron chi connectivity index (χ0n) is 15.7. The molecule has 3 heterocycles. The summed E-state index contributed by atoms with van der Waals surface area (Å²) in [6.07, 6.45) is 4.51. The van der Waals surface area contributed by atoms with Gasteiger partial charge in [-0.05, 0) is 17.2 Å². The summed E-state index contributed by atoms with van der Waals surface area (Å²) in [5, 5.41) is 0. The highest BCUT2D eigenvalue weighted by Gasteiger charge is 2.57. The molecule has 29 heavy (non-hydrogen) atoms. The first-order chi connectivity index (χ1) is 14.1. The number of rotatable bonds is 4. The van der Waals surface area contributed by atoms with E-state index < -0.39 is 36.2 Å². The maximum Gasteiger partial charge on any atom is 0.418 e. The summed E-state index contributed by atoms with van der Waals surface area (Å²) < 4.78 is 10.0. The lowest BCUT2D eigenvalue weighted by molar-refractivity contribution is -0.158. The Hall–Kier alpha value is -3.68. The van der Waals surface area contributed by atoms with E-state index in [1.807, 2.05) is 36.4 Å². The third-order valence-electron chi connectivity index (χ3n) is 5.04. The van der Waals surface area contributed by atoms with Crippen molar-refractivity contribution in [1.29, 1.82) is 0 Å². The predicted molar refractivity (Wildman–Crippen MR) is 102 cm³/mol. The Labute approximate surface area is 167 Å². The van der Waals surface area contributed by atoms with Gasteiger partial charge < -0.3 is 9.47 Å². The molecule has 2 aliphatic heterocycles. The van der Waals surface area contributed by atoms with Crippen molar-refractivity contribution in [1.82, 2.24) is 14.8 Å². The SMILES string of the molecule is COC(=O)N1C(=O)[C@H](C=Cc2cccnc2)[C@@H]1N1C(=O)OC[C@@H]1c1ccccc1. The van der Waals surface area contributed by atoms with Crippen molar-refractivity contribution >= 4 is 24.2 Å². The Kier molecular flexibility index (Phi) is 4.99. The number of cyclic esters (lactones) is 1. The molecule has 1 aromatic carbocycles. The van der Waals surface area contributed by atoms with E-state index in [1.54, 1.807) is 30.6 Å². The fourth-order valence-corrected chi connectivity index (χ4v) is 3.62. The largest absolute Gasteiger partial charge is 0.452 e. The van der Waals surface area contributed by atoms with Gasteiger partial charge in [0.25, 0.3) is 0 Å². The standard InChI is InChI=1S/C21H19N3O5/c1-28-20(26)24-18(16(19(24)25)10-9-14-6-5-11-22-12-14)23-17(13-29-21(23)27)15-7-3-2-4-8-15/h2-12,16-18H,13H2,1H3/t16-,17-,18-/m1/s1. The summed E-state index contributed by atoms with van der Waals surface area (Å²) in [4.78, 5) is 43.9. The topological polar surface area (TPSA) is 89.0 Å². The average Bonchev–Trinajstić information content (AvgIpc) is 3.13. The lowest BCUT2D eigenvalue weighted by atomic mass is 9.90. The molecular formula is C21H19N3O5. The van der Waals surface area contributed by atoms with Crippen LogP contribution in [0, 0.1) is 5.92 Å². The Morgan fingerprint density at radius 3 is 2.69 bits per heavy atom. The van der Waals surface area contributed by atoms with Gasteiger partial charge in [0.15, 0.2) is 0 Å². The quantitative estimate of drug-likeness (QED) is 0.742. The van der Waals surface area contributed by atoms with Crippen LogP contribution in [0.4, 0.5) is 9.59 Å². The maximum absolute atomic E-state index is 12.7. The highest BCUT2D eigenvalue weighted by Crippen LogP contribution is 2.40. The van der Waals surface area contributed by atoms with Crippen LogP contribution in [0.3, 0.4) is 0 Å². The Balaban J connectivity index is 1.67. The number of likely N-dealkylation sites (tertiary alicyclic amines) is 1. The molecule has 8 nitrogen and oxygen atoms in total. The first-order valence-electron chi connectivity index (χ1n) is 9.11. The summed E-state index contributed by atoms with van der Waals surface area (Å²) in [5.41, 5.74) is 1.66. The van der Waals surface area contributed by atoms with Gasteiger partial charge in [-0.3, -0.25) is 14.7 Å². The van der Waals surface area contributed by atoms with Gasteiger partial charge in [0.1, 0.15) is 12.8 Å². The lowest BCUT2D eigenvalue weighted by Gasteiger charge is -2.48. The smallest absolute Gasteiger partial charge is 0.418 e. The first kappa shape index (κ1) is 18.7. The number of nitrogens with zero attached hydrogens (tertiary/aromatic N) is 3. The number of methoxy groups -OCH3 is 1. The number of ether oxygens (including phenoxy) is 2. The van der Waals surface area contributed by atoms with Crippen molar-refractivity contribution in [2.24, 2.45) is 5.92 Å². The van der Waals surface area contributed by atoms with E-state index >= 15 is 0 Å². The molecule has 4 rings (SSSR count). The molecule has 2 saturated heterocycles. The number of hydrogen-bond donors (Lipinski definition) is 0. The Morgan fingerprint density at radius 1 is 1.21 bits per heavy atom. The van der Waals surface area contributed by atoms with Crippen molar-refractivity contribution in [2.45, 2.75) is 12.2 Å². The molecule has 0 bridgehead atoms. The molecule has 0 spiro atoms. The minimum Gasteiger partial charge on any atom is -0.452 e. The van der Waals surface area contributed by atoms with Crippen LogP contribution in [-0.4, -0.2) is 52.8 Å². The summed E-state index contributed by atoms with van der Waals surface area (Å²) in [7, 11) is 1.20. The van der Waals surface area contributed by atoms with Gasteiger partial charge in [0.2, 0.25) is 5.91 Å². The summed E-state index contributed by atoms with van der Waals surface area (Å²) in [6, 6.07) is 12.6. The minimum atomic E-state index is -0.830. The fraction of sp³-hybridized carbons (Fsp3) is 0.238. The summed E-state index contributed by atoms with van der Waals surface area (Å²) in [5.74, 6) is -1.14. The van der Waals surface area contributed by atoms with Gasteiger partial charge in [-0.25, -0.2) is 14.5 Å². The molecule has 0 unspecified atom stereocenters. The van der Waals surface area contributed by atoms with Crippen molar-refractivity contribution < 1.29 is 23.9 Å². The zero-order valence-corrected chi connectivity index (χ0v) is 15.7. The van der Waals surface area contributed by atoms with E-state index in [0.29, 0.717) is 0 Å². The highest BCUT2D eigenvalue weighted by molar-refractivity contribution is 6.01. The molecule has 0 saturated carbocycles. The normalized spacial score (nSPS) is 23.8. The van der Waals surface area contributed by atoms with Gasteiger partial charge in [0, 0.05) is 12.4 Å². The van der Waals surface area contributed by atoms with Crippen molar-refractivity contribution in [3.8, 4) is 0 Å². The summed E-state index contributed by atoms with van der Waals surface area (Å²) in [6.45, 7) is 0.140. The van der Waals surface area contributed by atoms with Gasteiger partial charge in [0.05, 0.1) is 19.1 Å². The van der Waals surface area contributed by atoms with Crippen LogP contribution in [0.15, 0.2) is 60.9 Å². The first-order valence-corrected chi connectivity index (χ1v) is 9.11. The number of amides is 3. The summed E-state index contributed by atoms with van der Waals surface area (Å²) >= 11 is 0. The number of imide groups is 1. The molecule has 2 aromatic rings.